The molecule has 3 saturated carbocycles. The third-order valence-corrected chi connectivity index (χ3v) is 9.67. The van der Waals surface area contributed by atoms with Crippen molar-refractivity contribution in [3.63, 3.8) is 0 Å². The highest BCUT2D eigenvalue weighted by molar-refractivity contribution is 5.66. The molecule has 3 N–H and O–H groups in total. The number of carboxylic acid groups (broad SMARTS) is 1. The summed E-state index contributed by atoms with van der Waals surface area (Å²) in [5.41, 5.74) is 0.255. The van der Waals surface area contributed by atoms with Crippen LogP contribution >= 0.6 is 0 Å². The molecule has 0 heterocycles. The average molecular weight is 391 g/mol. The van der Waals surface area contributed by atoms with E-state index in [9.17, 15) is 15.0 Å². The van der Waals surface area contributed by atoms with E-state index < -0.39 is 5.97 Å². The number of aliphatic carboxylic acids is 1. The summed E-state index contributed by atoms with van der Waals surface area (Å²) in [7, 11) is 0. The van der Waals surface area contributed by atoms with Gasteiger partial charge in [0.1, 0.15) is 0 Å². The van der Waals surface area contributed by atoms with Crippen LogP contribution < -0.4 is 0 Å². The number of carboxylic acids is 1. The zero-order valence-electron chi connectivity index (χ0n) is 17.7. The van der Waals surface area contributed by atoms with Crippen LogP contribution in [0.2, 0.25) is 0 Å². The van der Waals surface area contributed by atoms with Crippen LogP contribution in [0.1, 0.15) is 72.1 Å². The van der Waals surface area contributed by atoms with Crippen LogP contribution in [0.15, 0.2) is 12.2 Å². The molecule has 4 aliphatic carbocycles. The van der Waals surface area contributed by atoms with Crippen molar-refractivity contribution >= 4 is 5.97 Å². The molecule has 4 rings (SSSR count). The number of carbonyl (C=O) groups is 1. The highest BCUT2D eigenvalue weighted by atomic mass is 16.4. The van der Waals surface area contributed by atoms with Gasteiger partial charge in [-0.1, -0.05) is 32.9 Å². The van der Waals surface area contributed by atoms with Gasteiger partial charge in [-0.15, -0.1) is 0 Å². The van der Waals surface area contributed by atoms with Crippen molar-refractivity contribution in [2.45, 2.75) is 84.3 Å². The minimum atomic E-state index is -0.702. The van der Waals surface area contributed by atoms with Crippen LogP contribution in [-0.4, -0.2) is 33.5 Å². The molecule has 0 radical (unpaired) electrons. The standard InChI is InChI=1S/C24H38O4/c1-14(4-7-21(27)28)17-5-6-18-22-19(9-11-24(17,18)3)23(2)10-8-16(25)12-15(23)13-20(22)26/h9,11,14-20,22,25-26H,4-8,10,12-13H2,1-3H3,(H,27,28)/t14-,15+,16-,17-,18+,19+,20-,22+,23+,24-/m1/s1. The Morgan fingerprint density at radius 1 is 1.18 bits per heavy atom. The summed E-state index contributed by atoms with van der Waals surface area (Å²) in [4.78, 5) is 11.0. The molecule has 4 heteroatoms. The Hall–Kier alpha value is -0.870. The Kier molecular flexibility index (Phi) is 5.19. The smallest absolute Gasteiger partial charge is 0.303 e. The number of rotatable bonds is 4. The third-order valence-electron chi connectivity index (χ3n) is 9.67. The van der Waals surface area contributed by atoms with Gasteiger partial charge < -0.3 is 15.3 Å². The van der Waals surface area contributed by atoms with E-state index in [2.05, 4.69) is 32.9 Å². The molecule has 0 spiro atoms. The summed E-state index contributed by atoms with van der Waals surface area (Å²) in [6, 6.07) is 0. The van der Waals surface area contributed by atoms with E-state index >= 15 is 0 Å². The van der Waals surface area contributed by atoms with Gasteiger partial charge in [0.15, 0.2) is 0 Å². The summed E-state index contributed by atoms with van der Waals surface area (Å²) in [6.45, 7) is 6.99. The van der Waals surface area contributed by atoms with Crippen molar-refractivity contribution in [1.82, 2.24) is 0 Å². The third kappa shape index (κ3) is 3.06. The minimum absolute atomic E-state index is 0.0669. The molecule has 0 saturated heterocycles. The fraction of sp³-hybridized carbons (Fsp3) is 0.875. The molecule has 3 fully saturated rings. The number of aliphatic hydroxyl groups excluding tert-OH is 2. The summed E-state index contributed by atoms with van der Waals surface area (Å²) >= 11 is 0. The highest BCUT2D eigenvalue weighted by Crippen LogP contribution is 2.66. The van der Waals surface area contributed by atoms with Crippen molar-refractivity contribution < 1.29 is 20.1 Å². The molecule has 0 amide bonds. The lowest BCUT2D eigenvalue weighted by molar-refractivity contribution is -0.138. The first-order chi connectivity index (χ1) is 13.2. The lowest BCUT2D eigenvalue weighted by atomic mass is 9.46. The summed E-state index contributed by atoms with van der Waals surface area (Å²) in [5.74, 6) is 1.80. The maximum Gasteiger partial charge on any atom is 0.303 e. The highest BCUT2D eigenvalue weighted by Gasteiger charge is 2.61. The molecule has 4 aliphatic rings. The van der Waals surface area contributed by atoms with Gasteiger partial charge in [-0.3, -0.25) is 4.79 Å². The Morgan fingerprint density at radius 3 is 2.64 bits per heavy atom. The SMILES string of the molecule is C[C@H](CCC(=O)O)[C@H]1CC[C@H]2[C@@H]3[C@H](O)C[C@@H]4C[C@H](O)CC[C@]4(C)[C@H]3C=C[C@]12C. The quantitative estimate of drug-likeness (QED) is 0.627. The second-order valence-corrected chi connectivity index (χ2v) is 11.0. The topological polar surface area (TPSA) is 77.8 Å². The van der Waals surface area contributed by atoms with Crippen molar-refractivity contribution in [2.75, 3.05) is 0 Å². The number of hydrogen-bond donors (Lipinski definition) is 3. The lowest BCUT2D eigenvalue weighted by Gasteiger charge is -2.60. The molecular formula is C24H38O4. The van der Waals surface area contributed by atoms with Crippen molar-refractivity contribution in [3.05, 3.63) is 12.2 Å². The predicted molar refractivity (Wildman–Crippen MR) is 109 cm³/mol. The van der Waals surface area contributed by atoms with Crippen LogP contribution in [0, 0.1) is 46.3 Å². The Morgan fingerprint density at radius 2 is 1.93 bits per heavy atom. The molecule has 0 aromatic rings. The van der Waals surface area contributed by atoms with Gasteiger partial charge in [0.05, 0.1) is 12.2 Å². The minimum Gasteiger partial charge on any atom is -0.481 e. The number of allylic oxidation sites excluding steroid dienone is 2. The Labute approximate surface area is 169 Å². The zero-order valence-corrected chi connectivity index (χ0v) is 17.7. The first-order valence-electron chi connectivity index (χ1n) is 11.4. The Balaban J connectivity index is 1.61. The van der Waals surface area contributed by atoms with Crippen molar-refractivity contribution in [2.24, 2.45) is 46.3 Å². The van der Waals surface area contributed by atoms with Crippen LogP contribution in [0.25, 0.3) is 0 Å². The van der Waals surface area contributed by atoms with E-state index in [1.54, 1.807) is 0 Å². The fourth-order valence-corrected chi connectivity index (χ4v) is 8.07. The van der Waals surface area contributed by atoms with Gasteiger partial charge in [0.2, 0.25) is 0 Å². The summed E-state index contributed by atoms with van der Waals surface area (Å²) in [6.07, 6.45) is 11.3. The molecule has 0 aromatic heterocycles. The van der Waals surface area contributed by atoms with Gasteiger partial charge in [0, 0.05) is 6.42 Å². The number of fused-ring (bicyclic) bond motifs is 5. The van der Waals surface area contributed by atoms with E-state index in [1.165, 1.54) is 0 Å². The van der Waals surface area contributed by atoms with Gasteiger partial charge in [-0.25, -0.2) is 0 Å². The van der Waals surface area contributed by atoms with E-state index in [1.807, 2.05) is 0 Å². The molecule has 4 nitrogen and oxygen atoms in total. The molecule has 10 atom stereocenters. The second kappa shape index (κ2) is 7.12. The predicted octanol–water partition coefficient (Wildman–Crippen LogP) is 4.25. The molecule has 158 valence electrons. The summed E-state index contributed by atoms with van der Waals surface area (Å²) in [5, 5.41) is 30.5. The number of aliphatic hydroxyl groups is 2. The van der Waals surface area contributed by atoms with Gasteiger partial charge in [0.25, 0.3) is 0 Å². The first kappa shape index (κ1) is 20.4. The second-order valence-electron chi connectivity index (χ2n) is 11.0. The van der Waals surface area contributed by atoms with Gasteiger partial charge in [-0.2, -0.15) is 0 Å². The van der Waals surface area contributed by atoms with Crippen LogP contribution in [0.5, 0.6) is 0 Å². The first-order valence-corrected chi connectivity index (χ1v) is 11.4. The van der Waals surface area contributed by atoms with Crippen LogP contribution in [-0.2, 0) is 4.79 Å². The van der Waals surface area contributed by atoms with Crippen molar-refractivity contribution in [1.29, 1.82) is 0 Å². The largest absolute Gasteiger partial charge is 0.481 e. The van der Waals surface area contributed by atoms with Crippen LogP contribution in [0.3, 0.4) is 0 Å². The van der Waals surface area contributed by atoms with E-state index in [0.29, 0.717) is 35.5 Å². The molecule has 0 aliphatic heterocycles. The average Bonchev–Trinajstić information content (AvgIpc) is 2.98. The maximum atomic E-state index is 11.2. The molecule has 28 heavy (non-hydrogen) atoms. The van der Waals surface area contributed by atoms with Gasteiger partial charge in [-0.05, 0) is 91.3 Å². The molecule has 0 bridgehead atoms. The van der Waals surface area contributed by atoms with Crippen LogP contribution in [0.4, 0.5) is 0 Å². The Bertz CT molecular complexity index is 645. The van der Waals surface area contributed by atoms with Crippen molar-refractivity contribution in [3.8, 4) is 0 Å². The van der Waals surface area contributed by atoms with E-state index in [4.69, 9.17) is 5.11 Å². The number of hydrogen-bond acceptors (Lipinski definition) is 3. The van der Waals surface area contributed by atoms with E-state index in [-0.39, 0.29) is 29.5 Å². The molecule has 0 aromatic carbocycles. The zero-order chi connectivity index (χ0) is 20.3. The monoisotopic (exact) mass is 390 g/mol. The lowest BCUT2D eigenvalue weighted by Crippen LogP contribution is -2.57. The van der Waals surface area contributed by atoms with E-state index in [0.717, 1.165) is 44.9 Å². The fourth-order valence-electron chi connectivity index (χ4n) is 8.07. The molecular weight excluding hydrogens is 352 g/mol. The maximum absolute atomic E-state index is 11.2. The normalized spacial score (nSPS) is 51.1. The molecule has 0 unspecified atom stereocenters. The van der Waals surface area contributed by atoms with Gasteiger partial charge >= 0.3 is 5.97 Å². The summed E-state index contributed by atoms with van der Waals surface area (Å²) < 4.78 is 0.